The van der Waals surface area contributed by atoms with Crippen LogP contribution in [0.3, 0.4) is 0 Å². The summed E-state index contributed by atoms with van der Waals surface area (Å²) < 4.78 is 0. The highest BCUT2D eigenvalue weighted by molar-refractivity contribution is 6.31. The van der Waals surface area contributed by atoms with Crippen molar-refractivity contribution in [2.45, 2.75) is 18.3 Å². The number of amides is 2. The van der Waals surface area contributed by atoms with Crippen LogP contribution in [0.15, 0.2) is 48.5 Å². The van der Waals surface area contributed by atoms with Gasteiger partial charge in [0.05, 0.1) is 11.8 Å². The van der Waals surface area contributed by atoms with Crippen LogP contribution in [0.5, 0.6) is 0 Å². The van der Waals surface area contributed by atoms with E-state index in [4.69, 9.17) is 11.6 Å². The molecule has 2 aliphatic heterocycles. The maximum atomic E-state index is 12.7. The molecule has 4 nitrogen and oxygen atoms in total. The average Bonchev–Trinajstić information content (AvgIpc) is 3.14. The van der Waals surface area contributed by atoms with E-state index in [1.807, 2.05) is 42.5 Å². The highest BCUT2D eigenvalue weighted by Gasteiger charge is 2.51. The van der Waals surface area contributed by atoms with Crippen molar-refractivity contribution in [3.8, 4) is 0 Å². The Morgan fingerprint density at radius 3 is 2.75 bits per heavy atom. The van der Waals surface area contributed by atoms with Crippen LogP contribution in [0.1, 0.15) is 17.5 Å². The lowest BCUT2D eigenvalue weighted by Gasteiger charge is -2.22. The van der Waals surface area contributed by atoms with Gasteiger partial charge >= 0.3 is 0 Å². The molecule has 1 spiro atoms. The van der Waals surface area contributed by atoms with Gasteiger partial charge in [-0.1, -0.05) is 48.0 Å². The van der Waals surface area contributed by atoms with Gasteiger partial charge < -0.3 is 10.2 Å². The Labute approximate surface area is 145 Å². The maximum absolute atomic E-state index is 12.7. The summed E-state index contributed by atoms with van der Waals surface area (Å²) in [6.07, 6.45) is 0.920. The molecule has 1 N–H and O–H groups in total. The van der Waals surface area contributed by atoms with Gasteiger partial charge in [0.2, 0.25) is 11.8 Å². The Bertz CT molecular complexity index is 836. The van der Waals surface area contributed by atoms with E-state index in [2.05, 4.69) is 5.32 Å². The minimum absolute atomic E-state index is 0.00302. The smallest absolute Gasteiger partial charge is 0.236 e. The fraction of sp³-hybridized carbons (Fsp3) is 0.263. The number of nitrogens with one attached hydrogen (secondary N) is 1. The van der Waals surface area contributed by atoms with Gasteiger partial charge in [0.15, 0.2) is 0 Å². The van der Waals surface area contributed by atoms with Crippen LogP contribution in [0, 0.1) is 0 Å². The van der Waals surface area contributed by atoms with Crippen molar-refractivity contribution < 1.29 is 9.59 Å². The lowest BCUT2D eigenvalue weighted by molar-refractivity contribution is -0.129. The molecule has 2 amide bonds. The number of fused-ring (bicyclic) bond motifs is 2. The second kappa shape index (κ2) is 5.64. The van der Waals surface area contributed by atoms with E-state index < -0.39 is 5.41 Å². The van der Waals surface area contributed by atoms with E-state index in [1.165, 1.54) is 0 Å². The van der Waals surface area contributed by atoms with Crippen molar-refractivity contribution in [3.63, 3.8) is 0 Å². The summed E-state index contributed by atoms with van der Waals surface area (Å²) in [4.78, 5) is 27.0. The zero-order chi connectivity index (χ0) is 16.7. The van der Waals surface area contributed by atoms with Crippen molar-refractivity contribution >= 4 is 29.1 Å². The molecule has 0 unspecified atom stereocenters. The molecule has 5 heteroatoms. The molecular weight excluding hydrogens is 324 g/mol. The lowest BCUT2D eigenvalue weighted by Crippen LogP contribution is -2.39. The molecule has 1 saturated heterocycles. The number of likely N-dealkylation sites (tertiary alicyclic amines) is 1. The number of carbonyl (C=O) groups excluding carboxylic acids is 2. The van der Waals surface area contributed by atoms with Crippen molar-refractivity contribution in [2.24, 2.45) is 0 Å². The molecule has 2 aromatic carbocycles. The molecule has 122 valence electrons. The first-order valence-electron chi connectivity index (χ1n) is 8.02. The molecular formula is C19H17ClN2O2. The first-order chi connectivity index (χ1) is 11.6. The largest absolute Gasteiger partial charge is 0.341 e. The molecule has 1 atom stereocenters. The second-order valence-electron chi connectivity index (χ2n) is 6.42. The summed E-state index contributed by atoms with van der Waals surface area (Å²) in [5.74, 6) is 0.00824. The minimum Gasteiger partial charge on any atom is -0.341 e. The van der Waals surface area contributed by atoms with E-state index in [0.29, 0.717) is 24.5 Å². The Morgan fingerprint density at radius 2 is 1.92 bits per heavy atom. The highest BCUT2D eigenvalue weighted by Crippen LogP contribution is 2.44. The third kappa shape index (κ3) is 2.29. The van der Waals surface area contributed by atoms with Crippen molar-refractivity contribution in [2.75, 3.05) is 18.4 Å². The standard InChI is InChI=1S/C19H17ClN2O2/c20-15-7-3-1-5-13(15)11-17(23)22-10-9-19(12-22)14-6-2-4-8-16(14)21-18(19)24/h1-8H,9-12H2,(H,21,24)/t19-/m0/s1. The van der Waals surface area contributed by atoms with Crippen LogP contribution in [0.4, 0.5) is 5.69 Å². The molecule has 2 heterocycles. The summed E-state index contributed by atoms with van der Waals surface area (Å²) in [5.41, 5.74) is 2.08. The number of nitrogens with zero attached hydrogens (tertiary/aromatic N) is 1. The fourth-order valence-corrected chi connectivity index (χ4v) is 3.92. The highest BCUT2D eigenvalue weighted by atomic mass is 35.5. The first-order valence-corrected chi connectivity index (χ1v) is 8.40. The quantitative estimate of drug-likeness (QED) is 0.913. The zero-order valence-corrected chi connectivity index (χ0v) is 13.8. The summed E-state index contributed by atoms with van der Waals surface area (Å²) in [6.45, 7) is 1.02. The normalized spacial score (nSPS) is 21.9. The van der Waals surface area contributed by atoms with Gasteiger partial charge in [-0.05, 0) is 29.7 Å². The van der Waals surface area contributed by atoms with Gasteiger partial charge in [-0.15, -0.1) is 0 Å². The first kappa shape index (κ1) is 15.2. The molecule has 0 saturated carbocycles. The van der Waals surface area contributed by atoms with Gasteiger partial charge in [0, 0.05) is 23.8 Å². The summed E-state index contributed by atoms with van der Waals surface area (Å²) in [7, 11) is 0. The van der Waals surface area contributed by atoms with Crippen molar-refractivity contribution in [3.05, 3.63) is 64.7 Å². The van der Waals surface area contributed by atoms with Crippen LogP contribution in [-0.4, -0.2) is 29.8 Å². The topological polar surface area (TPSA) is 49.4 Å². The van der Waals surface area contributed by atoms with Crippen molar-refractivity contribution in [1.82, 2.24) is 4.90 Å². The molecule has 0 aliphatic carbocycles. The SMILES string of the molecule is O=C(Cc1ccccc1Cl)N1CC[C@@]2(C1)C(=O)Nc1ccccc12. The molecule has 2 aromatic rings. The third-order valence-electron chi connectivity index (χ3n) is 5.05. The Balaban J connectivity index is 1.56. The van der Waals surface area contributed by atoms with E-state index >= 15 is 0 Å². The van der Waals surface area contributed by atoms with E-state index in [0.717, 1.165) is 16.8 Å². The van der Waals surface area contributed by atoms with Gasteiger partial charge in [0.1, 0.15) is 0 Å². The molecule has 4 rings (SSSR count). The van der Waals surface area contributed by atoms with Crippen LogP contribution in [0.2, 0.25) is 5.02 Å². The Hall–Kier alpha value is -2.33. The van der Waals surface area contributed by atoms with Crippen LogP contribution in [0.25, 0.3) is 0 Å². The van der Waals surface area contributed by atoms with Gasteiger partial charge in [-0.25, -0.2) is 0 Å². The molecule has 0 radical (unpaired) electrons. The van der Waals surface area contributed by atoms with E-state index in [9.17, 15) is 9.59 Å². The summed E-state index contributed by atoms with van der Waals surface area (Å²) in [6, 6.07) is 15.1. The average molecular weight is 341 g/mol. The number of benzene rings is 2. The monoisotopic (exact) mass is 340 g/mol. The summed E-state index contributed by atoms with van der Waals surface area (Å²) >= 11 is 6.15. The Morgan fingerprint density at radius 1 is 1.17 bits per heavy atom. The maximum Gasteiger partial charge on any atom is 0.236 e. The number of hydrogen-bond acceptors (Lipinski definition) is 2. The predicted molar refractivity (Wildman–Crippen MR) is 93.1 cm³/mol. The lowest BCUT2D eigenvalue weighted by atomic mass is 9.81. The van der Waals surface area contributed by atoms with Crippen LogP contribution >= 0.6 is 11.6 Å². The van der Waals surface area contributed by atoms with Crippen molar-refractivity contribution in [1.29, 1.82) is 0 Å². The molecule has 1 fully saturated rings. The van der Waals surface area contributed by atoms with E-state index in [-0.39, 0.29) is 18.2 Å². The molecule has 2 aliphatic rings. The minimum atomic E-state index is -0.604. The Kier molecular flexibility index (Phi) is 3.57. The predicted octanol–water partition coefficient (Wildman–Crippen LogP) is 3.00. The number of para-hydroxylation sites is 1. The number of anilines is 1. The van der Waals surface area contributed by atoms with Gasteiger partial charge in [-0.3, -0.25) is 9.59 Å². The molecule has 0 bridgehead atoms. The number of halogens is 1. The number of rotatable bonds is 2. The van der Waals surface area contributed by atoms with Gasteiger partial charge in [-0.2, -0.15) is 0 Å². The molecule has 0 aromatic heterocycles. The number of carbonyl (C=O) groups is 2. The zero-order valence-electron chi connectivity index (χ0n) is 13.1. The summed E-state index contributed by atoms with van der Waals surface area (Å²) in [5, 5.41) is 3.55. The second-order valence-corrected chi connectivity index (χ2v) is 6.82. The van der Waals surface area contributed by atoms with Crippen LogP contribution in [-0.2, 0) is 21.4 Å². The van der Waals surface area contributed by atoms with Crippen LogP contribution < -0.4 is 5.32 Å². The molecule has 24 heavy (non-hydrogen) atoms. The fourth-order valence-electron chi connectivity index (χ4n) is 3.72. The third-order valence-corrected chi connectivity index (χ3v) is 5.42. The van der Waals surface area contributed by atoms with Gasteiger partial charge in [0.25, 0.3) is 0 Å². The van der Waals surface area contributed by atoms with E-state index in [1.54, 1.807) is 11.0 Å². The number of hydrogen-bond donors (Lipinski definition) is 1.